The van der Waals surface area contributed by atoms with Crippen molar-refractivity contribution in [2.24, 2.45) is 0 Å². The summed E-state index contributed by atoms with van der Waals surface area (Å²) in [5.74, 6) is 3.09. The van der Waals surface area contributed by atoms with Gasteiger partial charge in [-0.15, -0.1) is 0 Å². The monoisotopic (exact) mass is 434 g/mol. The molecule has 3 heterocycles. The third kappa shape index (κ3) is 3.40. The topological polar surface area (TPSA) is 74.3 Å². The Hall–Kier alpha value is -3.13. The molecule has 0 spiro atoms. The minimum Gasteiger partial charge on any atom is -0.496 e. The van der Waals surface area contributed by atoms with Gasteiger partial charge in [-0.05, 0) is 66.1 Å². The van der Waals surface area contributed by atoms with Crippen molar-refractivity contribution in [2.75, 3.05) is 18.4 Å². The highest BCUT2D eigenvalue weighted by molar-refractivity contribution is 8.00. The van der Waals surface area contributed by atoms with E-state index >= 15 is 0 Å². The zero-order valence-electron chi connectivity index (χ0n) is 17.1. The van der Waals surface area contributed by atoms with E-state index < -0.39 is 0 Å². The van der Waals surface area contributed by atoms with Gasteiger partial charge in [0.1, 0.15) is 16.9 Å². The first kappa shape index (κ1) is 18.6. The zero-order valence-corrected chi connectivity index (χ0v) is 17.9. The molecule has 7 nitrogen and oxygen atoms in total. The van der Waals surface area contributed by atoms with Crippen molar-refractivity contribution >= 4 is 28.7 Å². The van der Waals surface area contributed by atoms with Gasteiger partial charge >= 0.3 is 0 Å². The molecule has 0 bridgehead atoms. The van der Waals surface area contributed by atoms with Crippen LogP contribution in [0, 0.1) is 0 Å². The number of rotatable bonds is 7. The van der Waals surface area contributed by atoms with Crippen molar-refractivity contribution in [2.45, 2.75) is 36.6 Å². The molecule has 2 aliphatic rings. The van der Waals surface area contributed by atoms with E-state index in [1.54, 1.807) is 13.3 Å². The van der Waals surface area contributed by atoms with Crippen molar-refractivity contribution in [3.63, 3.8) is 0 Å². The first-order valence-electron chi connectivity index (χ1n) is 10.5. The molecular formula is C23H22N4O3S. The van der Waals surface area contributed by atoms with Crippen LogP contribution in [0.1, 0.15) is 35.4 Å². The third-order valence-electron chi connectivity index (χ3n) is 5.90. The molecule has 1 fully saturated rings. The predicted octanol–water partition coefficient (Wildman–Crippen LogP) is 5.01. The predicted molar refractivity (Wildman–Crippen MR) is 119 cm³/mol. The number of hydrogen-bond donors (Lipinski definition) is 1. The van der Waals surface area contributed by atoms with Gasteiger partial charge in [-0.25, -0.2) is 0 Å². The lowest BCUT2D eigenvalue weighted by Crippen LogP contribution is -2.02. The fourth-order valence-corrected chi connectivity index (χ4v) is 4.90. The molecule has 0 saturated heterocycles. The maximum Gasteiger partial charge on any atom is 0.191 e. The van der Waals surface area contributed by atoms with Gasteiger partial charge in [-0.1, -0.05) is 11.2 Å². The van der Waals surface area contributed by atoms with Crippen molar-refractivity contribution in [3.8, 4) is 11.5 Å². The second kappa shape index (κ2) is 7.53. The number of aromatic nitrogens is 3. The average Bonchev–Trinajstić information content (AvgIpc) is 3.16. The van der Waals surface area contributed by atoms with Crippen molar-refractivity contribution in [3.05, 3.63) is 59.4 Å². The highest BCUT2D eigenvalue weighted by Crippen LogP contribution is 2.44. The molecule has 158 valence electrons. The van der Waals surface area contributed by atoms with Gasteiger partial charge in [0.25, 0.3) is 0 Å². The van der Waals surface area contributed by atoms with Crippen LogP contribution in [0.15, 0.2) is 52.1 Å². The minimum absolute atomic E-state index is 0.661. The Kier molecular flexibility index (Phi) is 4.52. The summed E-state index contributed by atoms with van der Waals surface area (Å²) in [6, 6.07) is 10.4. The highest BCUT2D eigenvalue weighted by Gasteiger charge is 2.26. The van der Waals surface area contributed by atoms with Crippen molar-refractivity contribution < 1.29 is 14.0 Å². The van der Waals surface area contributed by atoms with Gasteiger partial charge < -0.3 is 18.7 Å². The third-order valence-corrected chi connectivity index (χ3v) is 6.75. The van der Waals surface area contributed by atoms with E-state index in [1.165, 1.54) is 35.9 Å². The number of anilines is 1. The standard InChI is InChI=1S/C23H22N4O3S/c1-28-18-11-15(14-3-4-14)5-6-20(18)31-26-23-21-19(30-25-23)12-16(13-27-9-2-8-24-27)17-7-10-29-22(17)21/h2,5-6,8-9,11-12,14H,3-4,7,10,13H2,1H3,(H,25,26). The molecule has 0 atom stereocenters. The van der Waals surface area contributed by atoms with Crippen LogP contribution in [-0.4, -0.2) is 28.7 Å². The highest BCUT2D eigenvalue weighted by atomic mass is 32.2. The summed E-state index contributed by atoms with van der Waals surface area (Å²) in [5.41, 5.74) is 4.41. The van der Waals surface area contributed by atoms with Crippen LogP contribution < -0.4 is 14.2 Å². The largest absolute Gasteiger partial charge is 0.496 e. The van der Waals surface area contributed by atoms with E-state index in [0.29, 0.717) is 30.5 Å². The van der Waals surface area contributed by atoms with E-state index in [4.69, 9.17) is 14.0 Å². The molecular weight excluding hydrogens is 412 g/mol. The molecule has 0 unspecified atom stereocenters. The molecule has 4 aromatic rings. The normalized spacial score (nSPS) is 15.1. The van der Waals surface area contributed by atoms with E-state index in [9.17, 15) is 0 Å². The van der Waals surface area contributed by atoms with Crippen LogP contribution in [0.25, 0.3) is 11.0 Å². The molecule has 2 aromatic heterocycles. The second-order valence-corrected chi connectivity index (χ2v) is 8.79. The number of methoxy groups -OCH3 is 1. The lowest BCUT2D eigenvalue weighted by Gasteiger charge is -2.11. The van der Waals surface area contributed by atoms with Gasteiger partial charge in [-0.2, -0.15) is 5.10 Å². The number of ether oxygens (including phenoxy) is 2. The summed E-state index contributed by atoms with van der Waals surface area (Å²) in [7, 11) is 1.71. The van der Waals surface area contributed by atoms with Crippen LogP contribution in [0.2, 0.25) is 0 Å². The maximum atomic E-state index is 6.01. The lowest BCUT2D eigenvalue weighted by atomic mass is 10.0. The van der Waals surface area contributed by atoms with Gasteiger partial charge in [0.05, 0.1) is 25.2 Å². The molecule has 1 aliphatic heterocycles. The lowest BCUT2D eigenvalue weighted by molar-refractivity contribution is 0.360. The first-order valence-corrected chi connectivity index (χ1v) is 11.3. The quantitative estimate of drug-likeness (QED) is 0.410. The Balaban J connectivity index is 1.30. The fraction of sp³-hybridized carbons (Fsp3) is 0.304. The van der Waals surface area contributed by atoms with Gasteiger partial charge in [-0.3, -0.25) is 4.68 Å². The van der Waals surface area contributed by atoms with E-state index in [-0.39, 0.29) is 0 Å². The van der Waals surface area contributed by atoms with Crippen LogP contribution in [-0.2, 0) is 13.0 Å². The molecule has 6 rings (SSSR count). The van der Waals surface area contributed by atoms with E-state index in [0.717, 1.165) is 33.8 Å². The first-order chi connectivity index (χ1) is 15.3. The van der Waals surface area contributed by atoms with E-state index in [2.05, 4.69) is 39.2 Å². The Morgan fingerprint density at radius 3 is 3.03 bits per heavy atom. The van der Waals surface area contributed by atoms with Crippen LogP contribution in [0.3, 0.4) is 0 Å². The molecule has 1 N–H and O–H groups in total. The molecule has 31 heavy (non-hydrogen) atoms. The smallest absolute Gasteiger partial charge is 0.191 e. The Labute approximate surface area is 183 Å². The second-order valence-electron chi connectivity index (χ2n) is 7.94. The van der Waals surface area contributed by atoms with Crippen molar-refractivity contribution in [1.82, 2.24) is 14.9 Å². The number of benzene rings is 2. The zero-order chi connectivity index (χ0) is 20.8. The van der Waals surface area contributed by atoms with Gasteiger partial charge in [0.15, 0.2) is 11.4 Å². The number of nitrogens with one attached hydrogen (secondary N) is 1. The summed E-state index contributed by atoms with van der Waals surface area (Å²) < 4.78 is 22.6. The van der Waals surface area contributed by atoms with Crippen LogP contribution in [0.4, 0.5) is 5.82 Å². The van der Waals surface area contributed by atoms with Crippen LogP contribution in [0.5, 0.6) is 11.5 Å². The SMILES string of the molecule is COc1cc(C2CC2)ccc1SNc1noc2cc(Cn3cccn3)c3c(c12)OCC3. The fourth-order valence-electron chi connectivity index (χ4n) is 4.17. The summed E-state index contributed by atoms with van der Waals surface area (Å²) in [6.07, 6.45) is 7.15. The summed E-state index contributed by atoms with van der Waals surface area (Å²) in [5, 5.41) is 9.50. The number of nitrogens with zero attached hydrogens (tertiary/aromatic N) is 3. The summed E-state index contributed by atoms with van der Waals surface area (Å²) in [6.45, 7) is 1.34. The van der Waals surface area contributed by atoms with E-state index in [1.807, 2.05) is 16.9 Å². The summed E-state index contributed by atoms with van der Waals surface area (Å²) >= 11 is 1.47. The molecule has 2 aromatic carbocycles. The van der Waals surface area contributed by atoms with Gasteiger partial charge in [0.2, 0.25) is 0 Å². The Morgan fingerprint density at radius 1 is 1.29 bits per heavy atom. The molecule has 1 saturated carbocycles. The summed E-state index contributed by atoms with van der Waals surface area (Å²) in [4.78, 5) is 1.01. The maximum absolute atomic E-state index is 6.01. The van der Waals surface area contributed by atoms with Crippen LogP contribution >= 0.6 is 11.9 Å². The van der Waals surface area contributed by atoms with Gasteiger partial charge in [0, 0.05) is 24.4 Å². The average molecular weight is 435 g/mol. The Morgan fingerprint density at radius 2 is 2.23 bits per heavy atom. The number of fused-ring (bicyclic) bond motifs is 3. The number of hydrogen-bond acceptors (Lipinski definition) is 7. The molecule has 0 radical (unpaired) electrons. The molecule has 8 heteroatoms. The Bertz CT molecular complexity index is 1250. The molecule has 1 aliphatic carbocycles. The molecule has 0 amide bonds. The minimum atomic E-state index is 0.661. The van der Waals surface area contributed by atoms with Crippen molar-refractivity contribution in [1.29, 1.82) is 0 Å².